The van der Waals surface area contributed by atoms with Gasteiger partial charge in [-0.1, -0.05) is 0 Å². The van der Waals surface area contributed by atoms with Crippen LogP contribution in [0.15, 0.2) is 0 Å². The molecule has 0 aromatic heterocycles. The molecule has 0 aliphatic carbocycles. The molecule has 2 rings (SSSR count). The summed E-state index contributed by atoms with van der Waals surface area (Å²) in [5.41, 5.74) is -0.421. The first kappa shape index (κ1) is 16.0. The van der Waals surface area contributed by atoms with E-state index in [4.69, 9.17) is 0 Å². The van der Waals surface area contributed by atoms with Crippen molar-refractivity contribution in [3.8, 4) is 0 Å². The Morgan fingerprint density at radius 2 is 1.90 bits per heavy atom. The number of nitrogens with zero attached hydrogens (tertiary/aromatic N) is 1. The van der Waals surface area contributed by atoms with E-state index in [1.54, 1.807) is 0 Å². The van der Waals surface area contributed by atoms with E-state index in [1.807, 2.05) is 6.92 Å². The fourth-order valence-electron chi connectivity index (χ4n) is 3.11. The van der Waals surface area contributed by atoms with Crippen molar-refractivity contribution in [1.29, 1.82) is 0 Å². The first-order valence-electron chi connectivity index (χ1n) is 6.84. The van der Waals surface area contributed by atoms with Gasteiger partial charge in [0.15, 0.2) is 9.84 Å². The van der Waals surface area contributed by atoms with Gasteiger partial charge in [-0.05, 0) is 39.3 Å². The average molecular weight is 314 g/mol. The van der Waals surface area contributed by atoms with Gasteiger partial charge in [-0.15, -0.1) is 0 Å². The number of alkyl halides is 3. The van der Waals surface area contributed by atoms with Gasteiger partial charge in [0.1, 0.15) is 0 Å². The Balaban J connectivity index is 1.80. The SMILES string of the molecule is CC1(NC2CCN(CC(F)(F)F)CC2)CCS(=O)(=O)C1. The lowest BCUT2D eigenvalue weighted by atomic mass is 9.96. The molecule has 1 unspecified atom stereocenters. The Morgan fingerprint density at radius 3 is 2.35 bits per heavy atom. The molecule has 2 fully saturated rings. The minimum absolute atomic E-state index is 0.109. The van der Waals surface area contributed by atoms with Crippen LogP contribution in [0.2, 0.25) is 0 Å². The molecular weight excluding hydrogens is 293 g/mol. The second-order valence-corrected chi connectivity index (χ2v) is 8.40. The van der Waals surface area contributed by atoms with Crippen LogP contribution in [0.4, 0.5) is 13.2 Å². The molecule has 0 aromatic carbocycles. The fourth-order valence-corrected chi connectivity index (χ4v) is 5.21. The van der Waals surface area contributed by atoms with Crippen molar-refractivity contribution < 1.29 is 21.6 Å². The molecule has 2 heterocycles. The van der Waals surface area contributed by atoms with Gasteiger partial charge >= 0.3 is 6.18 Å². The molecule has 1 atom stereocenters. The molecule has 0 aromatic rings. The van der Waals surface area contributed by atoms with Crippen LogP contribution in [0.3, 0.4) is 0 Å². The third-order valence-electron chi connectivity index (χ3n) is 4.05. The molecule has 0 spiro atoms. The van der Waals surface area contributed by atoms with E-state index in [0.29, 0.717) is 32.4 Å². The highest BCUT2D eigenvalue weighted by Crippen LogP contribution is 2.26. The summed E-state index contributed by atoms with van der Waals surface area (Å²) in [6.07, 6.45) is -2.30. The lowest BCUT2D eigenvalue weighted by Gasteiger charge is -2.37. The molecule has 0 amide bonds. The van der Waals surface area contributed by atoms with Crippen LogP contribution in [0.1, 0.15) is 26.2 Å². The molecule has 1 N–H and O–H groups in total. The normalized spacial score (nSPS) is 32.6. The summed E-state index contributed by atoms with van der Waals surface area (Å²) in [5, 5.41) is 3.35. The number of nitrogens with one attached hydrogen (secondary N) is 1. The van der Waals surface area contributed by atoms with Crippen molar-refractivity contribution in [3.63, 3.8) is 0 Å². The largest absolute Gasteiger partial charge is 0.401 e. The van der Waals surface area contributed by atoms with Gasteiger partial charge in [0.2, 0.25) is 0 Å². The van der Waals surface area contributed by atoms with E-state index in [1.165, 1.54) is 4.90 Å². The van der Waals surface area contributed by atoms with Crippen LogP contribution in [-0.4, -0.2) is 62.2 Å². The number of sulfone groups is 1. The Kier molecular flexibility index (Phi) is 4.37. The zero-order chi connectivity index (χ0) is 15.0. The number of likely N-dealkylation sites (tertiary alicyclic amines) is 1. The highest BCUT2D eigenvalue weighted by Gasteiger charge is 2.40. The smallest absolute Gasteiger partial charge is 0.308 e. The van der Waals surface area contributed by atoms with Gasteiger partial charge in [0, 0.05) is 11.6 Å². The molecule has 2 saturated heterocycles. The zero-order valence-corrected chi connectivity index (χ0v) is 12.4. The molecular formula is C12H21F3N2O2S. The van der Waals surface area contributed by atoms with Crippen LogP contribution < -0.4 is 5.32 Å². The minimum atomic E-state index is -4.15. The second-order valence-electron chi connectivity index (χ2n) is 6.21. The van der Waals surface area contributed by atoms with Gasteiger partial charge in [0.25, 0.3) is 0 Å². The number of rotatable bonds is 3. The van der Waals surface area contributed by atoms with Gasteiger partial charge in [0.05, 0.1) is 18.1 Å². The Hall–Kier alpha value is -0.340. The maximum absolute atomic E-state index is 12.3. The molecule has 118 valence electrons. The lowest BCUT2D eigenvalue weighted by molar-refractivity contribution is -0.148. The molecule has 0 radical (unpaired) electrons. The molecule has 4 nitrogen and oxygen atoms in total. The van der Waals surface area contributed by atoms with E-state index in [-0.39, 0.29) is 17.5 Å². The van der Waals surface area contributed by atoms with Gasteiger partial charge in [-0.3, -0.25) is 4.90 Å². The van der Waals surface area contributed by atoms with Crippen molar-refractivity contribution in [3.05, 3.63) is 0 Å². The third kappa shape index (κ3) is 4.60. The molecule has 20 heavy (non-hydrogen) atoms. The number of hydrogen-bond donors (Lipinski definition) is 1. The monoisotopic (exact) mass is 314 g/mol. The van der Waals surface area contributed by atoms with Crippen LogP contribution >= 0.6 is 0 Å². The highest BCUT2D eigenvalue weighted by atomic mass is 32.2. The maximum atomic E-state index is 12.3. The number of piperidine rings is 1. The topological polar surface area (TPSA) is 49.4 Å². The quantitative estimate of drug-likeness (QED) is 0.850. The van der Waals surface area contributed by atoms with E-state index in [9.17, 15) is 21.6 Å². The van der Waals surface area contributed by atoms with Crippen molar-refractivity contribution in [2.75, 3.05) is 31.1 Å². The molecule has 2 aliphatic rings. The van der Waals surface area contributed by atoms with E-state index < -0.39 is 28.1 Å². The van der Waals surface area contributed by atoms with Gasteiger partial charge in [-0.25, -0.2) is 8.42 Å². The Bertz CT molecular complexity index is 444. The molecule has 0 bridgehead atoms. The highest BCUT2D eigenvalue weighted by molar-refractivity contribution is 7.91. The predicted octanol–water partition coefficient (Wildman–Crippen LogP) is 1.18. The Morgan fingerprint density at radius 1 is 1.30 bits per heavy atom. The minimum Gasteiger partial charge on any atom is -0.308 e. The van der Waals surface area contributed by atoms with E-state index >= 15 is 0 Å². The zero-order valence-electron chi connectivity index (χ0n) is 11.5. The first-order chi connectivity index (χ1) is 9.07. The van der Waals surface area contributed by atoms with E-state index in [0.717, 1.165) is 0 Å². The Labute approximate surface area is 117 Å². The van der Waals surface area contributed by atoms with Crippen molar-refractivity contribution in [1.82, 2.24) is 10.2 Å². The van der Waals surface area contributed by atoms with Crippen molar-refractivity contribution in [2.24, 2.45) is 0 Å². The summed E-state index contributed by atoms with van der Waals surface area (Å²) in [4.78, 5) is 1.41. The summed E-state index contributed by atoms with van der Waals surface area (Å²) >= 11 is 0. The summed E-state index contributed by atoms with van der Waals surface area (Å²) in [7, 11) is -2.96. The van der Waals surface area contributed by atoms with E-state index in [2.05, 4.69) is 5.32 Å². The summed E-state index contributed by atoms with van der Waals surface area (Å²) < 4.78 is 59.9. The standard InChI is InChI=1S/C12H21F3N2O2S/c1-11(4-7-20(18,19)9-11)16-10-2-5-17(6-3-10)8-12(13,14)15/h10,16H,2-9H2,1H3. The van der Waals surface area contributed by atoms with Crippen molar-refractivity contribution >= 4 is 9.84 Å². The molecule has 8 heteroatoms. The average Bonchev–Trinajstić information content (AvgIpc) is 2.54. The number of halogens is 3. The summed E-state index contributed by atoms with van der Waals surface area (Å²) in [5.74, 6) is 0.326. The second kappa shape index (κ2) is 5.46. The molecule has 2 aliphatic heterocycles. The van der Waals surface area contributed by atoms with Gasteiger partial charge in [-0.2, -0.15) is 13.2 Å². The van der Waals surface area contributed by atoms with Crippen LogP contribution in [0, 0.1) is 0 Å². The summed E-state index contributed by atoms with van der Waals surface area (Å²) in [6, 6.07) is 0.109. The van der Waals surface area contributed by atoms with Crippen molar-refractivity contribution in [2.45, 2.75) is 43.9 Å². The van der Waals surface area contributed by atoms with Crippen LogP contribution in [0.25, 0.3) is 0 Å². The van der Waals surface area contributed by atoms with Gasteiger partial charge < -0.3 is 5.32 Å². The number of hydrogen-bond acceptors (Lipinski definition) is 4. The predicted molar refractivity (Wildman–Crippen MR) is 70.3 cm³/mol. The lowest BCUT2D eigenvalue weighted by Crippen LogP contribution is -2.53. The molecule has 0 saturated carbocycles. The van der Waals surface area contributed by atoms with Crippen LogP contribution in [0.5, 0.6) is 0 Å². The third-order valence-corrected chi connectivity index (χ3v) is 5.95. The fraction of sp³-hybridized carbons (Fsp3) is 1.00. The van der Waals surface area contributed by atoms with Crippen LogP contribution in [-0.2, 0) is 9.84 Å². The maximum Gasteiger partial charge on any atom is 0.401 e. The summed E-state index contributed by atoms with van der Waals surface area (Å²) in [6.45, 7) is 1.84. The first-order valence-corrected chi connectivity index (χ1v) is 8.66.